The molecule has 1 nitrogen and oxygen atoms in total. The molecule has 0 saturated heterocycles. The Morgan fingerprint density at radius 2 is 2.06 bits per heavy atom. The van der Waals surface area contributed by atoms with Crippen LogP contribution in [-0.2, 0) is 11.2 Å². The highest BCUT2D eigenvalue weighted by Gasteiger charge is 2.22. The molecule has 1 aromatic rings. The molecule has 0 unspecified atom stereocenters. The van der Waals surface area contributed by atoms with Crippen molar-refractivity contribution in [3.05, 3.63) is 34.1 Å². The molecule has 0 N–H and O–H groups in total. The second kappa shape index (κ2) is 5.76. The van der Waals surface area contributed by atoms with Crippen molar-refractivity contribution in [1.29, 1.82) is 0 Å². The predicted octanol–water partition coefficient (Wildman–Crippen LogP) is 4.28. The standard InChI is InChI=1S/C14H16BrFO/c15-14-11(6-3-7-12(14)16)8-9-13(17)10-4-1-2-5-10/h3,6-7,10H,1-2,4-5,8-9H2. The Labute approximate surface area is 110 Å². The maximum Gasteiger partial charge on any atom is 0.137 e. The highest BCUT2D eigenvalue weighted by molar-refractivity contribution is 9.10. The molecule has 3 heteroatoms. The van der Waals surface area contributed by atoms with Crippen molar-refractivity contribution in [3.8, 4) is 0 Å². The van der Waals surface area contributed by atoms with Crippen LogP contribution in [0.2, 0.25) is 0 Å². The smallest absolute Gasteiger partial charge is 0.137 e. The number of rotatable bonds is 4. The molecule has 0 bridgehead atoms. The third kappa shape index (κ3) is 3.15. The van der Waals surface area contributed by atoms with Gasteiger partial charge in [0, 0.05) is 12.3 Å². The van der Waals surface area contributed by atoms with Crippen molar-refractivity contribution < 1.29 is 9.18 Å². The molecule has 0 aromatic heterocycles. The van der Waals surface area contributed by atoms with Gasteiger partial charge in [-0.05, 0) is 46.8 Å². The zero-order chi connectivity index (χ0) is 12.3. The third-order valence-electron chi connectivity index (χ3n) is 3.48. The normalized spacial score (nSPS) is 16.4. The number of carbonyl (C=O) groups is 1. The maximum absolute atomic E-state index is 13.3. The van der Waals surface area contributed by atoms with E-state index in [4.69, 9.17) is 0 Å². The van der Waals surface area contributed by atoms with E-state index >= 15 is 0 Å². The number of benzene rings is 1. The fourth-order valence-electron chi connectivity index (χ4n) is 2.45. The van der Waals surface area contributed by atoms with Crippen molar-refractivity contribution in [3.63, 3.8) is 0 Å². The van der Waals surface area contributed by atoms with E-state index in [0.29, 0.717) is 23.1 Å². The third-order valence-corrected chi connectivity index (χ3v) is 4.37. The van der Waals surface area contributed by atoms with Gasteiger partial charge in [-0.15, -0.1) is 0 Å². The van der Waals surface area contributed by atoms with Crippen molar-refractivity contribution in [2.45, 2.75) is 38.5 Å². The van der Waals surface area contributed by atoms with E-state index < -0.39 is 0 Å². The van der Waals surface area contributed by atoms with Crippen LogP contribution >= 0.6 is 15.9 Å². The van der Waals surface area contributed by atoms with Gasteiger partial charge >= 0.3 is 0 Å². The number of halogens is 2. The van der Waals surface area contributed by atoms with Crippen molar-refractivity contribution >= 4 is 21.7 Å². The van der Waals surface area contributed by atoms with Crippen LogP contribution < -0.4 is 0 Å². The molecule has 1 fully saturated rings. The number of aryl methyl sites for hydroxylation is 1. The summed E-state index contributed by atoms with van der Waals surface area (Å²) in [6.45, 7) is 0. The molecular weight excluding hydrogens is 283 g/mol. The van der Waals surface area contributed by atoms with Gasteiger partial charge in [0.2, 0.25) is 0 Å². The average molecular weight is 299 g/mol. The first kappa shape index (κ1) is 12.7. The van der Waals surface area contributed by atoms with Crippen molar-refractivity contribution in [2.75, 3.05) is 0 Å². The number of carbonyl (C=O) groups excluding carboxylic acids is 1. The van der Waals surface area contributed by atoms with Crippen LogP contribution in [0.4, 0.5) is 4.39 Å². The molecule has 1 saturated carbocycles. The molecule has 1 aliphatic rings. The van der Waals surface area contributed by atoms with Crippen molar-refractivity contribution in [1.82, 2.24) is 0 Å². The first-order chi connectivity index (χ1) is 8.18. The largest absolute Gasteiger partial charge is 0.299 e. The Morgan fingerprint density at radius 1 is 1.35 bits per heavy atom. The van der Waals surface area contributed by atoms with E-state index in [0.717, 1.165) is 18.4 Å². The van der Waals surface area contributed by atoms with E-state index in [1.54, 1.807) is 6.07 Å². The van der Waals surface area contributed by atoms with E-state index in [9.17, 15) is 9.18 Å². The van der Waals surface area contributed by atoms with E-state index in [-0.39, 0.29) is 11.7 Å². The lowest BCUT2D eigenvalue weighted by molar-refractivity contribution is -0.122. The van der Waals surface area contributed by atoms with Crippen LogP contribution in [0.25, 0.3) is 0 Å². The Bertz CT molecular complexity index is 411. The fourth-order valence-corrected chi connectivity index (χ4v) is 2.91. The summed E-state index contributed by atoms with van der Waals surface area (Å²) in [6, 6.07) is 4.98. The summed E-state index contributed by atoms with van der Waals surface area (Å²) in [6.07, 6.45) is 5.62. The minimum atomic E-state index is -0.254. The van der Waals surface area contributed by atoms with Gasteiger partial charge in [0.25, 0.3) is 0 Å². The summed E-state index contributed by atoms with van der Waals surface area (Å²) in [5, 5.41) is 0. The van der Waals surface area contributed by atoms with E-state index in [1.165, 1.54) is 18.9 Å². The molecule has 0 heterocycles. The maximum atomic E-state index is 13.3. The zero-order valence-electron chi connectivity index (χ0n) is 9.72. The molecule has 1 aliphatic carbocycles. The Kier molecular flexibility index (Phi) is 4.32. The van der Waals surface area contributed by atoms with Gasteiger partial charge in [-0.2, -0.15) is 0 Å². The summed E-state index contributed by atoms with van der Waals surface area (Å²) in [5.74, 6) is 0.358. The first-order valence-corrected chi connectivity index (χ1v) is 6.93. The Balaban J connectivity index is 1.93. The van der Waals surface area contributed by atoms with Gasteiger partial charge in [0.15, 0.2) is 0 Å². The summed E-state index contributed by atoms with van der Waals surface area (Å²) >= 11 is 3.23. The molecule has 17 heavy (non-hydrogen) atoms. The number of hydrogen-bond acceptors (Lipinski definition) is 1. The minimum Gasteiger partial charge on any atom is -0.299 e. The quantitative estimate of drug-likeness (QED) is 0.811. The van der Waals surface area contributed by atoms with Crippen LogP contribution in [-0.4, -0.2) is 5.78 Å². The lowest BCUT2D eigenvalue weighted by atomic mass is 9.97. The second-order valence-electron chi connectivity index (χ2n) is 4.66. The van der Waals surface area contributed by atoms with E-state index in [1.807, 2.05) is 6.07 Å². The molecular formula is C14H16BrFO. The summed E-state index contributed by atoms with van der Waals surface area (Å²) in [5.41, 5.74) is 0.886. The van der Waals surface area contributed by atoms with Gasteiger partial charge in [0.05, 0.1) is 4.47 Å². The van der Waals surface area contributed by atoms with E-state index in [2.05, 4.69) is 15.9 Å². The highest BCUT2D eigenvalue weighted by atomic mass is 79.9. The van der Waals surface area contributed by atoms with Gasteiger partial charge in [-0.1, -0.05) is 25.0 Å². The van der Waals surface area contributed by atoms with Crippen LogP contribution in [0, 0.1) is 11.7 Å². The summed E-state index contributed by atoms with van der Waals surface area (Å²) < 4.78 is 13.8. The molecule has 0 aliphatic heterocycles. The fraction of sp³-hybridized carbons (Fsp3) is 0.500. The van der Waals surface area contributed by atoms with Crippen LogP contribution in [0.5, 0.6) is 0 Å². The second-order valence-corrected chi connectivity index (χ2v) is 5.45. The Morgan fingerprint density at radius 3 is 2.76 bits per heavy atom. The summed E-state index contributed by atoms with van der Waals surface area (Å²) in [4.78, 5) is 11.9. The molecule has 0 radical (unpaired) electrons. The summed E-state index contributed by atoms with van der Waals surface area (Å²) in [7, 11) is 0. The van der Waals surface area contributed by atoms with Gasteiger partial charge < -0.3 is 0 Å². The lowest BCUT2D eigenvalue weighted by Gasteiger charge is -2.08. The highest BCUT2D eigenvalue weighted by Crippen LogP contribution is 2.28. The molecule has 92 valence electrons. The van der Waals surface area contributed by atoms with Gasteiger partial charge in [-0.3, -0.25) is 4.79 Å². The molecule has 0 spiro atoms. The van der Waals surface area contributed by atoms with Gasteiger partial charge in [0.1, 0.15) is 11.6 Å². The van der Waals surface area contributed by atoms with Crippen LogP contribution in [0.15, 0.2) is 22.7 Å². The number of ketones is 1. The molecule has 1 aromatic carbocycles. The monoisotopic (exact) mass is 298 g/mol. The van der Waals surface area contributed by atoms with Crippen molar-refractivity contribution in [2.24, 2.45) is 5.92 Å². The van der Waals surface area contributed by atoms with Crippen LogP contribution in [0.1, 0.15) is 37.7 Å². The number of Topliss-reactive ketones (excluding diaryl/α,β-unsaturated/α-hetero) is 1. The molecule has 0 amide bonds. The SMILES string of the molecule is O=C(CCc1cccc(F)c1Br)C1CCCC1. The average Bonchev–Trinajstić information content (AvgIpc) is 2.84. The topological polar surface area (TPSA) is 17.1 Å². The minimum absolute atomic E-state index is 0.254. The van der Waals surface area contributed by atoms with Crippen LogP contribution in [0.3, 0.4) is 0 Å². The lowest BCUT2D eigenvalue weighted by Crippen LogP contribution is -2.11. The predicted molar refractivity (Wildman–Crippen MR) is 69.4 cm³/mol. The molecule has 0 atom stereocenters. The first-order valence-electron chi connectivity index (χ1n) is 6.14. The number of hydrogen-bond donors (Lipinski definition) is 0. The Hall–Kier alpha value is -0.700. The zero-order valence-corrected chi connectivity index (χ0v) is 11.3. The van der Waals surface area contributed by atoms with Gasteiger partial charge in [-0.25, -0.2) is 4.39 Å². The molecule has 2 rings (SSSR count).